The molecular weight excluding hydrogens is 380 g/mol. The Hall–Kier alpha value is -1.62. The van der Waals surface area contributed by atoms with Crippen LogP contribution in [0, 0.1) is 39.9 Å². The first kappa shape index (κ1) is 23.1. The van der Waals surface area contributed by atoms with Crippen molar-refractivity contribution in [1.82, 2.24) is 0 Å². The molecule has 3 aliphatic rings. The molecule has 3 fully saturated rings. The largest absolute Gasteiger partial charge is 0.390 e. The van der Waals surface area contributed by atoms with Crippen LogP contribution in [0.2, 0.25) is 0 Å². The Kier molecular flexibility index (Phi) is 5.14. The van der Waals surface area contributed by atoms with Crippen LogP contribution in [-0.4, -0.2) is 33.8 Å². The van der Waals surface area contributed by atoms with Crippen molar-refractivity contribution in [2.75, 3.05) is 0 Å². The van der Waals surface area contributed by atoms with E-state index in [0.29, 0.717) is 0 Å². The second-order valence-electron chi connectivity index (χ2n) is 11.6. The van der Waals surface area contributed by atoms with Crippen LogP contribution < -0.4 is 0 Å². The van der Waals surface area contributed by atoms with Gasteiger partial charge in [-0.25, -0.2) is 0 Å². The van der Waals surface area contributed by atoms with Crippen molar-refractivity contribution in [3.8, 4) is 0 Å². The minimum absolute atomic E-state index is 0.206. The molecule has 0 saturated heterocycles. The topological polar surface area (TPSA) is 88.5 Å². The summed E-state index contributed by atoms with van der Waals surface area (Å²) in [6, 6.07) is 0. The fourth-order valence-corrected chi connectivity index (χ4v) is 6.82. The van der Waals surface area contributed by atoms with Crippen LogP contribution in [0.1, 0.15) is 74.7 Å². The van der Waals surface area contributed by atoms with E-state index in [9.17, 15) is 24.3 Å². The Morgan fingerprint density at radius 3 is 2.17 bits per heavy atom. The third-order valence-electron chi connectivity index (χ3n) is 8.31. The van der Waals surface area contributed by atoms with Gasteiger partial charge in [-0.3, -0.25) is 19.2 Å². The van der Waals surface area contributed by atoms with Gasteiger partial charge in [0.2, 0.25) is 0 Å². The van der Waals surface area contributed by atoms with E-state index in [0.717, 1.165) is 5.57 Å². The summed E-state index contributed by atoms with van der Waals surface area (Å²) in [5.74, 6) is -4.17. The summed E-state index contributed by atoms with van der Waals surface area (Å²) >= 11 is 0. The Bertz CT molecular complexity index is 851. The summed E-state index contributed by atoms with van der Waals surface area (Å²) in [4.78, 5) is 54.5. The van der Waals surface area contributed by atoms with Crippen LogP contribution in [0.5, 0.6) is 0 Å². The third-order valence-corrected chi connectivity index (χ3v) is 8.31. The summed E-state index contributed by atoms with van der Waals surface area (Å²) in [5.41, 5.74) is -3.27. The molecule has 0 aromatic heterocycles. The molecule has 30 heavy (non-hydrogen) atoms. The molecule has 1 spiro atoms. The van der Waals surface area contributed by atoms with Crippen molar-refractivity contribution in [3.05, 3.63) is 11.6 Å². The highest BCUT2D eigenvalue weighted by Gasteiger charge is 2.80. The van der Waals surface area contributed by atoms with Gasteiger partial charge in [0.1, 0.15) is 5.92 Å². The van der Waals surface area contributed by atoms with Gasteiger partial charge in [0.05, 0.1) is 16.4 Å². The zero-order valence-electron chi connectivity index (χ0n) is 19.6. The number of Topliss-reactive ketones (excluding diaryl/α,β-unsaturated/α-hetero) is 4. The molecule has 3 aliphatic carbocycles. The molecule has 3 saturated carbocycles. The summed E-state index contributed by atoms with van der Waals surface area (Å²) in [7, 11) is 0. The molecule has 2 unspecified atom stereocenters. The predicted octanol–water partition coefficient (Wildman–Crippen LogP) is 3.71. The molecule has 5 nitrogen and oxygen atoms in total. The molecular formula is C25H36O5. The van der Waals surface area contributed by atoms with Crippen LogP contribution >= 0.6 is 0 Å². The van der Waals surface area contributed by atoms with Gasteiger partial charge in [-0.2, -0.15) is 0 Å². The van der Waals surface area contributed by atoms with Crippen molar-refractivity contribution in [1.29, 1.82) is 0 Å². The van der Waals surface area contributed by atoms with Gasteiger partial charge in [-0.15, -0.1) is 0 Å². The summed E-state index contributed by atoms with van der Waals surface area (Å²) < 4.78 is 0. The highest BCUT2D eigenvalue weighted by molar-refractivity contribution is 6.37. The van der Waals surface area contributed by atoms with Gasteiger partial charge in [0, 0.05) is 5.92 Å². The Morgan fingerprint density at radius 1 is 1.13 bits per heavy atom. The maximum absolute atomic E-state index is 14.0. The van der Waals surface area contributed by atoms with Gasteiger partial charge in [-0.05, 0) is 64.2 Å². The summed E-state index contributed by atoms with van der Waals surface area (Å²) in [6.07, 6.45) is 2.61. The first-order valence-corrected chi connectivity index (χ1v) is 11.1. The standard InChI is InChI=1S/C25H36O5/c1-13(2)9-10-24-11-16-22(5,6)15(23(7,8)30)12-25(16,21(24)29)20(28)17(19(24)27)18(26)14(3)4/h9,14-17,30H,10-12H2,1-8H3/t15-,16+,17?,24?,25-/m0/s1. The Balaban J connectivity index is 2.25. The van der Waals surface area contributed by atoms with E-state index in [1.54, 1.807) is 27.7 Å². The minimum Gasteiger partial charge on any atom is -0.390 e. The fourth-order valence-electron chi connectivity index (χ4n) is 6.82. The van der Waals surface area contributed by atoms with Crippen molar-refractivity contribution >= 4 is 23.1 Å². The number of rotatable bonds is 5. The number of ketones is 4. The molecule has 0 aliphatic heterocycles. The average Bonchev–Trinajstić information content (AvgIpc) is 2.97. The van der Waals surface area contributed by atoms with E-state index >= 15 is 0 Å². The molecule has 5 heteroatoms. The van der Waals surface area contributed by atoms with Crippen LogP contribution in [0.15, 0.2) is 11.6 Å². The first-order valence-electron chi connectivity index (χ1n) is 11.1. The van der Waals surface area contributed by atoms with E-state index in [2.05, 4.69) is 0 Å². The number of fused-ring (bicyclic) bond motifs is 1. The van der Waals surface area contributed by atoms with Crippen molar-refractivity contribution in [3.63, 3.8) is 0 Å². The molecule has 0 heterocycles. The molecule has 166 valence electrons. The van der Waals surface area contributed by atoms with E-state index in [-0.39, 0.29) is 42.7 Å². The van der Waals surface area contributed by atoms with E-state index in [1.807, 2.05) is 33.8 Å². The molecule has 0 aromatic rings. The first-order chi connectivity index (χ1) is 13.5. The zero-order chi connectivity index (χ0) is 23.0. The normalized spacial score (nSPS) is 37.5. The van der Waals surface area contributed by atoms with E-state index in [1.165, 1.54) is 0 Å². The molecule has 0 radical (unpaired) electrons. The fraction of sp³-hybridized carbons (Fsp3) is 0.760. The second kappa shape index (κ2) is 6.69. The van der Waals surface area contributed by atoms with Crippen LogP contribution in [-0.2, 0) is 19.2 Å². The quantitative estimate of drug-likeness (QED) is 0.545. The molecule has 0 amide bonds. The summed E-state index contributed by atoms with van der Waals surface area (Å²) in [6.45, 7) is 14.6. The number of hydrogen-bond donors (Lipinski definition) is 1. The second-order valence-corrected chi connectivity index (χ2v) is 11.6. The maximum Gasteiger partial charge on any atom is 0.164 e. The number of hydrogen-bond acceptors (Lipinski definition) is 5. The van der Waals surface area contributed by atoms with Crippen LogP contribution in [0.3, 0.4) is 0 Å². The Morgan fingerprint density at radius 2 is 1.70 bits per heavy atom. The molecule has 2 bridgehead atoms. The van der Waals surface area contributed by atoms with Gasteiger partial charge < -0.3 is 5.11 Å². The van der Waals surface area contributed by atoms with Gasteiger partial charge in [0.25, 0.3) is 0 Å². The minimum atomic E-state index is -1.37. The lowest BCUT2D eigenvalue weighted by atomic mass is 9.57. The monoisotopic (exact) mass is 416 g/mol. The number of aliphatic hydroxyl groups is 1. The van der Waals surface area contributed by atoms with Crippen LogP contribution in [0.25, 0.3) is 0 Å². The average molecular weight is 417 g/mol. The Labute approximate surface area is 179 Å². The number of carbonyl (C=O) groups is 4. The maximum atomic E-state index is 14.0. The lowest BCUT2D eigenvalue weighted by molar-refractivity contribution is -0.161. The molecule has 1 N–H and O–H groups in total. The van der Waals surface area contributed by atoms with E-state index < -0.39 is 45.2 Å². The lowest BCUT2D eigenvalue weighted by Crippen LogP contribution is -2.59. The smallest absolute Gasteiger partial charge is 0.164 e. The predicted molar refractivity (Wildman–Crippen MR) is 114 cm³/mol. The van der Waals surface area contributed by atoms with Gasteiger partial charge in [-0.1, -0.05) is 39.3 Å². The number of allylic oxidation sites excluding steroid dienone is 2. The van der Waals surface area contributed by atoms with Crippen molar-refractivity contribution in [2.45, 2.75) is 80.3 Å². The molecule has 3 rings (SSSR count). The third kappa shape index (κ3) is 2.77. The molecule has 0 aromatic carbocycles. The SMILES string of the molecule is CC(C)=CCC12C[C@@H]3C(C)(C)[C@@H](C(C)(C)O)C[C@]3(C(=O)C(C(=O)C(C)C)C1=O)C2=O. The van der Waals surface area contributed by atoms with Crippen molar-refractivity contribution in [2.24, 2.45) is 39.9 Å². The van der Waals surface area contributed by atoms with Crippen molar-refractivity contribution < 1.29 is 24.3 Å². The summed E-state index contributed by atoms with van der Waals surface area (Å²) in [5, 5.41) is 10.9. The van der Waals surface area contributed by atoms with Crippen LogP contribution in [0.4, 0.5) is 0 Å². The number of carbonyl (C=O) groups excluding carboxylic acids is 4. The van der Waals surface area contributed by atoms with Gasteiger partial charge in [0.15, 0.2) is 23.1 Å². The molecule has 5 atom stereocenters. The highest BCUT2D eigenvalue weighted by atomic mass is 16.3. The highest BCUT2D eigenvalue weighted by Crippen LogP contribution is 2.72. The van der Waals surface area contributed by atoms with E-state index in [4.69, 9.17) is 0 Å². The zero-order valence-corrected chi connectivity index (χ0v) is 19.6. The lowest BCUT2D eigenvalue weighted by Gasteiger charge is -2.41. The van der Waals surface area contributed by atoms with Gasteiger partial charge >= 0.3 is 0 Å².